The van der Waals surface area contributed by atoms with E-state index in [9.17, 15) is 13.2 Å². The lowest BCUT2D eigenvalue weighted by Gasteiger charge is -2.06. The quantitative estimate of drug-likeness (QED) is 0.737. The van der Waals surface area contributed by atoms with Crippen molar-refractivity contribution in [2.24, 2.45) is 0 Å². The Morgan fingerprint density at radius 1 is 1.38 bits per heavy atom. The lowest BCUT2D eigenvalue weighted by molar-refractivity contribution is -0.137. The van der Waals surface area contributed by atoms with Gasteiger partial charge in [-0.1, -0.05) is 11.6 Å². The SMILES string of the molecule is CC(C)=CCNS(=O)(=O)c1c(C)nn(CCC(=O)O)c1C. The van der Waals surface area contributed by atoms with E-state index in [0.29, 0.717) is 11.4 Å². The van der Waals surface area contributed by atoms with Gasteiger partial charge in [-0.05, 0) is 27.7 Å². The molecule has 118 valence electrons. The van der Waals surface area contributed by atoms with E-state index < -0.39 is 16.0 Å². The van der Waals surface area contributed by atoms with Crippen molar-refractivity contribution in [3.8, 4) is 0 Å². The molecule has 0 spiro atoms. The number of nitrogens with one attached hydrogen (secondary N) is 1. The maximum Gasteiger partial charge on any atom is 0.305 e. The van der Waals surface area contributed by atoms with Gasteiger partial charge in [0.25, 0.3) is 0 Å². The predicted molar refractivity (Wildman–Crippen MR) is 78.6 cm³/mol. The molecule has 0 atom stereocenters. The zero-order chi connectivity index (χ0) is 16.2. The van der Waals surface area contributed by atoms with Crippen LogP contribution in [0.4, 0.5) is 0 Å². The van der Waals surface area contributed by atoms with Gasteiger partial charge in [0.15, 0.2) is 0 Å². The molecule has 0 bridgehead atoms. The van der Waals surface area contributed by atoms with E-state index in [1.54, 1.807) is 19.9 Å². The average Bonchev–Trinajstić information content (AvgIpc) is 2.61. The van der Waals surface area contributed by atoms with Gasteiger partial charge in [0.1, 0.15) is 4.90 Å². The van der Waals surface area contributed by atoms with E-state index >= 15 is 0 Å². The Morgan fingerprint density at radius 2 is 2.00 bits per heavy atom. The van der Waals surface area contributed by atoms with Gasteiger partial charge in [0.05, 0.1) is 24.4 Å². The molecule has 0 aromatic carbocycles. The third-order valence-corrected chi connectivity index (χ3v) is 4.58. The topological polar surface area (TPSA) is 101 Å². The van der Waals surface area contributed by atoms with E-state index in [4.69, 9.17) is 5.11 Å². The molecule has 8 heteroatoms. The van der Waals surface area contributed by atoms with Crippen LogP contribution in [0, 0.1) is 13.8 Å². The minimum atomic E-state index is -3.66. The first kappa shape index (κ1) is 17.4. The Hall–Kier alpha value is -1.67. The number of sulfonamides is 1. The number of carboxylic acids is 1. The van der Waals surface area contributed by atoms with Crippen molar-refractivity contribution in [1.82, 2.24) is 14.5 Å². The zero-order valence-corrected chi connectivity index (χ0v) is 13.5. The van der Waals surface area contributed by atoms with Crippen molar-refractivity contribution in [1.29, 1.82) is 0 Å². The number of nitrogens with zero attached hydrogens (tertiary/aromatic N) is 2. The number of aryl methyl sites for hydroxylation is 2. The van der Waals surface area contributed by atoms with Crippen LogP contribution in [0.25, 0.3) is 0 Å². The summed E-state index contributed by atoms with van der Waals surface area (Å²) < 4.78 is 28.5. The first-order valence-corrected chi connectivity index (χ1v) is 8.02. The third kappa shape index (κ3) is 4.68. The van der Waals surface area contributed by atoms with Gasteiger partial charge >= 0.3 is 5.97 Å². The molecule has 0 aliphatic heterocycles. The number of hydrogen-bond acceptors (Lipinski definition) is 4. The van der Waals surface area contributed by atoms with Crippen molar-refractivity contribution >= 4 is 16.0 Å². The largest absolute Gasteiger partial charge is 0.481 e. The molecule has 1 aromatic heterocycles. The summed E-state index contributed by atoms with van der Waals surface area (Å²) in [5.74, 6) is -0.950. The molecule has 0 saturated carbocycles. The lowest BCUT2D eigenvalue weighted by atomic mass is 10.3. The molecule has 1 aromatic rings. The molecule has 0 amide bonds. The van der Waals surface area contributed by atoms with Gasteiger partial charge in [-0.3, -0.25) is 9.48 Å². The maximum absolute atomic E-state index is 12.3. The highest BCUT2D eigenvalue weighted by molar-refractivity contribution is 7.89. The molecule has 0 fully saturated rings. The highest BCUT2D eigenvalue weighted by atomic mass is 32.2. The van der Waals surface area contributed by atoms with Gasteiger partial charge in [0.2, 0.25) is 10.0 Å². The van der Waals surface area contributed by atoms with Crippen LogP contribution in [0.2, 0.25) is 0 Å². The van der Waals surface area contributed by atoms with Crippen LogP contribution in [-0.4, -0.2) is 35.8 Å². The molecule has 1 heterocycles. The summed E-state index contributed by atoms with van der Waals surface area (Å²) in [6.45, 7) is 7.34. The fourth-order valence-electron chi connectivity index (χ4n) is 1.92. The van der Waals surface area contributed by atoms with Gasteiger partial charge in [-0.2, -0.15) is 5.10 Å². The summed E-state index contributed by atoms with van der Waals surface area (Å²) in [6, 6.07) is 0. The first-order chi connectivity index (χ1) is 9.65. The third-order valence-electron chi connectivity index (χ3n) is 2.90. The molecule has 0 saturated heterocycles. The van der Waals surface area contributed by atoms with E-state index in [1.165, 1.54) is 4.68 Å². The van der Waals surface area contributed by atoms with Crippen LogP contribution in [0.3, 0.4) is 0 Å². The van der Waals surface area contributed by atoms with Crippen LogP contribution in [-0.2, 0) is 21.4 Å². The Bertz CT molecular complexity index is 655. The molecule has 0 aliphatic rings. The second kappa shape index (κ2) is 6.86. The molecule has 2 N–H and O–H groups in total. The second-order valence-corrected chi connectivity index (χ2v) is 6.70. The Morgan fingerprint density at radius 3 is 2.52 bits per heavy atom. The summed E-state index contributed by atoms with van der Waals surface area (Å²) in [4.78, 5) is 10.7. The number of allylic oxidation sites excluding steroid dienone is 1. The number of carbonyl (C=O) groups is 1. The van der Waals surface area contributed by atoms with Crippen molar-refractivity contribution in [2.45, 2.75) is 45.6 Å². The van der Waals surface area contributed by atoms with E-state index in [0.717, 1.165) is 5.57 Å². The molecular weight excluding hydrogens is 294 g/mol. The molecule has 21 heavy (non-hydrogen) atoms. The highest BCUT2D eigenvalue weighted by Gasteiger charge is 2.24. The summed E-state index contributed by atoms with van der Waals surface area (Å²) in [5, 5.41) is 12.8. The average molecular weight is 315 g/mol. The van der Waals surface area contributed by atoms with Crippen LogP contribution in [0.15, 0.2) is 16.5 Å². The molecular formula is C13H21N3O4S. The van der Waals surface area contributed by atoms with Crippen LogP contribution >= 0.6 is 0 Å². The number of carboxylic acid groups (broad SMARTS) is 1. The standard InChI is InChI=1S/C13H21N3O4S/c1-9(2)5-7-14-21(19,20)13-10(3)15-16(11(13)4)8-6-12(17)18/h5,14H,6-8H2,1-4H3,(H,17,18). The zero-order valence-electron chi connectivity index (χ0n) is 12.7. The van der Waals surface area contributed by atoms with Crippen LogP contribution < -0.4 is 4.72 Å². The minimum absolute atomic E-state index is 0.105. The molecule has 1 rings (SSSR count). The Labute approximate surface area is 124 Å². The molecule has 0 aliphatic carbocycles. The fourth-order valence-corrected chi connectivity index (χ4v) is 3.29. The molecule has 0 radical (unpaired) electrons. The normalized spacial score (nSPS) is 11.4. The number of aromatic nitrogens is 2. The van der Waals surface area contributed by atoms with Crippen LogP contribution in [0.5, 0.6) is 0 Å². The van der Waals surface area contributed by atoms with Crippen molar-refractivity contribution in [2.75, 3.05) is 6.54 Å². The maximum atomic E-state index is 12.3. The highest BCUT2D eigenvalue weighted by Crippen LogP contribution is 2.19. The van der Waals surface area contributed by atoms with Gasteiger partial charge < -0.3 is 5.11 Å². The number of aliphatic carboxylic acids is 1. The smallest absolute Gasteiger partial charge is 0.305 e. The summed E-state index contributed by atoms with van der Waals surface area (Å²) >= 11 is 0. The van der Waals surface area contributed by atoms with Crippen LogP contribution in [0.1, 0.15) is 31.7 Å². The van der Waals surface area contributed by atoms with Gasteiger partial charge in [0, 0.05) is 6.54 Å². The second-order valence-electron chi connectivity index (χ2n) is 5.00. The number of hydrogen-bond donors (Lipinski definition) is 2. The summed E-state index contributed by atoms with van der Waals surface area (Å²) in [6.07, 6.45) is 1.67. The summed E-state index contributed by atoms with van der Waals surface area (Å²) in [7, 11) is -3.66. The molecule has 0 unspecified atom stereocenters. The predicted octanol–water partition coefficient (Wildman–Crippen LogP) is 1.22. The monoisotopic (exact) mass is 315 g/mol. The Kier molecular flexibility index (Phi) is 5.68. The first-order valence-electron chi connectivity index (χ1n) is 6.54. The number of rotatable bonds is 7. The molecule has 7 nitrogen and oxygen atoms in total. The van der Waals surface area contributed by atoms with E-state index in [2.05, 4.69) is 9.82 Å². The van der Waals surface area contributed by atoms with Crippen molar-refractivity contribution in [3.05, 3.63) is 23.0 Å². The van der Waals surface area contributed by atoms with E-state index in [-0.39, 0.29) is 24.4 Å². The van der Waals surface area contributed by atoms with Crippen molar-refractivity contribution < 1.29 is 18.3 Å². The fraction of sp³-hybridized carbons (Fsp3) is 0.538. The van der Waals surface area contributed by atoms with Gasteiger partial charge in [-0.25, -0.2) is 13.1 Å². The van der Waals surface area contributed by atoms with E-state index in [1.807, 2.05) is 13.8 Å². The summed E-state index contributed by atoms with van der Waals surface area (Å²) in [5.41, 5.74) is 1.82. The van der Waals surface area contributed by atoms with Crippen molar-refractivity contribution in [3.63, 3.8) is 0 Å². The van der Waals surface area contributed by atoms with Gasteiger partial charge in [-0.15, -0.1) is 0 Å². The Balaban J connectivity index is 3.01. The minimum Gasteiger partial charge on any atom is -0.481 e. The lowest BCUT2D eigenvalue weighted by Crippen LogP contribution is -2.25.